The molecule has 0 aromatic rings. The average molecular weight is 294 g/mol. The van der Waals surface area contributed by atoms with Crippen LogP contribution in [0.1, 0.15) is 71.1 Å². The van der Waals surface area contributed by atoms with E-state index in [4.69, 9.17) is 0 Å². The third-order valence-corrected chi connectivity index (χ3v) is 6.00. The number of nitrogens with zero attached hydrogens (tertiary/aromatic N) is 1. The largest absolute Gasteiger partial charge is 0.390 e. The highest BCUT2D eigenvalue weighted by Gasteiger charge is 2.37. The van der Waals surface area contributed by atoms with E-state index in [0.717, 1.165) is 32.0 Å². The molecule has 0 aromatic heterocycles. The molecule has 2 aliphatic carbocycles. The first-order valence-corrected chi connectivity index (χ1v) is 9.25. The second kappa shape index (κ2) is 6.55. The standard InChI is InChI=1S/C18H34N2O/c1-17(21)10-12-20(13-11-17)15-18(14-19-16-6-7-16)8-4-2-3-5-9-18/h16,19,21H,2-15H2,1H3. The Labute approximate surface area is 130 Å². The second-order valence-corrected chi connectivity index (χ2v) is 8.34. The van der Waals surface area contributed by atoms with Crippen LogP contribution in [-0.2, 0) is 0 Å². The molecule has 3 heteroatoms. The summed E-state index contributed by atoms with van der Waals surface area (Å²) in [6.45, 7) is 6.64. The normalized spacial score (nSPS) is 30.0. The lowest BCUT2D eigenvalue weighted by Crippen LogP contribution is -2.49. The summed E-state index contributed by atoms with van der Waals surface area (Å²) in [5.74, 6) is 0. The minimum Gasteiger partial charge on any atom is -0.390 e. The van der Waals surface area contributed by atoms with Gasteiger partial charge in [0.1, 0.15) is 0 Å². The molecule has 2 saturated carbocycles. The van der Waals surface area contributed by atoms with Crippen molar-refractivity contribution in [2.75, 3.05) is 26.2 Å². The maximum Gasteiger partial charge on any atom is 0.0644 e. The quantitative estimate of drug-likeness (QED) is 0.765. The molecule has 0 unspecified atom stereocenters. The summed E-state index contributed by atoms with van der Waals surface area (Å²) in [6.07, 6.45) is 13.2. The zero-order valence-corrected chi connectivity index (χ0v) is 13.9. The van der Waals surface area contributed by atoms with E-state index in [1.54, 1.807) is 0 Å². The maximum atomic E-state index is 10.2. The number of hydrogen-bond acceptors (Lipinski definition) is 3. The summed E-state index contributed by atoms with van der Waals surface area (Å²) < 4.78 is 0. The van der Waals surface area contributed by atoms with Gasteiger partial charge >= 0.3 is 0 Å². The Morgan fingerprint density at radius 2 is 1.62 bits per heavy atom. The molecule has 2 N–H and O–H groups in total. The summed E-state index contributed by atoms with van der Waals surface area (Å²) in [5.41, 5.74) is 0.0850. The van der Waals surface area contributed by atoms with Crippen LogP contribution in [0, 0.1) is 5.41 Å². The van der Waals surface area contributed by atoms with Gasteiger partial charge in [-0.25, -0.2) is 0 Å². The highest BCUT2D eigenvalue weighted by molar-refractivity contribution is 4.92. The lowest BCUT2D eigenvalue weighted by atomic mass is 9.78. The van der Waals surface area contributed by atoms with Gasteiger partial charge in [-0.3, -0.25) is 0 Å². The topological polar surface area (TPSA) is 35.5 Å². The van der Waals surface area contributed by atoms with Crippen LogP contribution in [0.2, 0.25) is 0 Å². The average Bonchev–Trinajstić information content (AvgIpc) is 3.27. The SMILES string of the molecule is CC1(O)CCN(CC2(CNC3CC3)CCCCCC2)CC1. The van der Waals surface area contributed by atoms with Crippen molar-refractivity contribution in [3.8, 4) is 0 Å². The van der Waals surface area contributed by atoms with Crippen LogP contribution < -0.4 is 5.32 Å². The van der Waals surface area contributed by atoms with Crippen molar-refractivity contribution >= 4 is 0 Å². The molecule has 0 radical (unpaired) electrons. The first-order chi connectivity index (χ1) is 10.1. The number of piperidine rings is 1. The molecule has 3 fully saturated rings. The number of likely N-dealkylation sites (tertiary alicyclic amines) is 1. The van der Waals surface area contributed by atoms with Crippen LogP contribution in [0.15, 0.2) is 0 Å². The van der Waals surface area contributed by atoms with Gasteiger partial charge in [-0.1, -0.05) is 25.7 Å². The van der Waals surface area contributed by atoms with Crippen molar-refractivity contribution < 1.29 is 5.11 Å². The minimum absolute atomic E-state index is 0.417. The molecule has 122 valence electrons. The van der Waals surface area contributed by atoms with E-state index < -0.39 is 5.60 Å². The minimum atomic E-state index is -0.417. The first-order valence-electron chi connectivity index (χ1n) is 9.25. The molecule has 0 aromatic carbocycles. The van der Waals surface area contributed by atoms with Gasteiger partial charge in [0, 0.05) is 32.2 Å². The molecule has 0 spiro atoms. The number of aliphatic hydroxyl groups is 1. The van der Waals surface area contributed by atoms with Gasteiger partial charge in [0.05, 0.1) is 5.60 Å². The number of hydrogen-bond donors (Lipinski definition) is 2. The molecule has 21 heavy (non-hydrogen) atoms. The van der Waals surface area contributed by atoms with E-state index >= 15 is 0 Å². The highest BCUT2D eigenvalue weighted by atomic mass is 16.3. The second-order valence-electron chi connectivity index (χ2n) is 8.34. The van der Waals surface area contributed by atoms with E-state index in [1.165, 1.54) is 64.5 Å². The number of rotatable bonds is 5. The van der Waals surface area contributed by atoms with Gasteiger partial charge in [0.15, 0.2) is 0 Å². The van der Waals surface area contributed by atoms with Gasteiger partial charge in [0.2, 0.25) is 0 Å². The molecule has 3 aliphatic rings. The summed E-state index contributed by atoms with van der Waals surface area (Å²) in [7, 11) is 0. The van der Waals surface area contributed by atoms with Gasteiger partial charge in [-0.2, -0.15) is 0 Å². The van der Waals surface area contributed by atoms with Crippen LogP contribution in [0.4, 0.5) is 0 Å². The molecule has 3 nitrogen and oxygen atoms in total. The Morgan fingerprint density at radius 1 is 1.00 bits per heavy atom. The Morgan fingerprint density at radius 3 is 2.19 bits per heavy atom. The van der Waals surface area contributed by atoms with Gasteiger partial charge in [0.25, 0.3) is 0 Å². The summed E-state index contributed by atoms with van der Waals surface area (Å²) >= 11 is 0. The van der Waals surface area contributed by atoms with E-state index in [-0.39, 0.29) is 0 Å². The van der Waals surface area contributed by atoms with Crippen LogP contribution in [0.5, 0.6) is 0 Å². The zero-order valence-electron chi connectivity index (χ0n) is 13.9. The van der Waals surface area contributed by atoms with Crippen LogP contribution >= 0.6 is 0 Å². The lowest BCUT2D eigenvalue weighted by Gasteiger charge is -2.42. The van der Waals surface area contributed by atoms with Crippen LogP contribution in [0.3, 0.4) is 0 Å². The molecule has 0 bridgehead atoms. The van der Waals surface area contributed by atoms with E-state index in [2.05, 4.69) is 10.2 Å². The highest BCUT2D eigenvalue weighted by Crippen LogP contribution is 2.37. The monoisotopic (exact) mass is 294 g/mol. The predicted molar refractivity (Wildman–Crippen MR) is 87.5 cm³/mol. The maximum absolute atomic E-state index is 10.2. The fourth-order valence-corrected chi connectivity index (χ4v) is 4.18. The predicted octanol–water partition coefficient (Wildman–Crippen LogP) is 2.93. The molecule has 1 heterocycles. The van der Waals surface area contributed by atoms with Crippen molar-refractivity contribution in [1.29, 1.82) is 0 Å². The Bertz CT molecular complexity index is 320. The van der Waals surface area contributed by atoms with Gasteiger partial charge in [-0.15, -0.1) is 0 Å². The van der Waals surface area contributed by atoms with Gasteiger partial charge in [-0.05, 0) is 50.9 Å². The first kappa shape index (κ1) is 15.8. The molecule has 1 aliphatic heterocycles. The van der Waals surface area contributed by atoms with E-state index in [0.29, 0.717) is 5.41 Å². The molecule has 0 atom stereocenters. The third kappa shape index (κ3) is 4.67. The Kier molecular flexibility index (Phi) is 4.92. The number of nitrogens with one attached hydrogen (secondary N) is 1. The molecular weight excluding hydrogens is 260 g/mol. The lowest BCUT2D eigenvalue weighted by molar-refractivity contribution is -0.0177. The van der Waals surface area contributed by atoms with E-state index in [1.807, 2.05) is 6.92 Å². The smallest absolute Gasteiger partial charge is 0.0644 e. The molecule has 0 amide bonds. The summed E-state index contributed by atoms with van der Waals surface area (Å²) in [5, 5.41) is 14.0. The summed E-state index contributed by atoms with van der Waals surface area (Å²) in [4.78, 5) is 2.64. The molecule has 3 rings (SSSR count). The zero-order chi connectivity index (χ0) is 14.8. The summed E-state index contributed by atoms with van der Waals surface area (Å²) in [6, 6.07) is 0.826. The molecular formula is C18H34N2O. The van der Waals surface area contributed by atoms with Crippen LogP contribution in [-0.4, -0.2) is 47.8 Å². The Balaban J connectivity index is 1.57. The van der Waals surface area contributed by atoms with Crippen molar-refractivity contribution in [3.63, 3.8) is 0 Å². The Hall–Kier alpha value is -0.120. The third-order valence-electron chi connectivity index (χ3n) is 6.00. The van der Waals surface area contributed by atoms with E-state index in [9.17, 15) is 5.11 Å². The van der Waals surface area contributed by atoms with Crippen molar-refractivity contribution in [2.45, 2.75) is 82.8 Å². The van der Waals surface area contributed by atoms with Crippen LogP contribution in [0.25, 0.3) is 0 Å². The fraction of sp³-hybridized carbons (Fsp3) is 1.00. The fourth-order valence-electron chi connectivity index (χ4n) is 4.18. The van der Waals surface area contributed by atoms with Gasteiger partial charge < -0.3 is 15.3 Å². The van der Waals surface area contributed by atoms with Crippen molar-refractivity contribution in [2.24, 2.45) is 5.41 Å². The molecule has 1 saturated heterocycles. The van der Waals surface area contributed by atoms with Crippen molar-refractivity contribution in [1.82, 2.24) is 10.2 Å². The van der Waals surface area contributed by atoms with Crippen molar-refractivity contribution in [3.05, 3.63) is 0 Å².